The second-order valence-electron chi connectivity index (χ2n) is 13.0. The van der Waals surface area contributed by atoms with Gasteiger partial charge in [-0.2, -0.15) is 0 Å². The molecule has 276 valence electrons. The maximum atomic E-state index is 14.3. The quantitative estimate of drug-likeness (QED) is 0.150. The number of hydrogen-bond acceptors (Lipinski definition) is 7. The highest BCUT2D eigenvalue weighted by Crippen LogP contribution is 2.21. The molecule has 1 aromatic heterocycles. The number of thiophene rings is 1. The van der Waals surface area contributed by atoms with Gasteiger partial charge in [0.1, 0.15) is 29.9 Å². The van der Waals surface area contributed by atoms with Gasteiger partial charge in [-0.25, -0.2) is 4.79 Å². The first-order chi connectivity index (χ1) is 26.2. The minimum Gasteiger partial charge on any atom is -0.484 e. The van der Waals surface area contributed by atoms with Crippen LogP contribution < -0.4 is 26.0 Å². The zero-order valence-electron chi connectivity index (χ0n) is 29.3. The van der Waals surface area contributed by atoms with Crippen molar-refractivity contribution in [3.8, 4) is 16.9 Å². The van der Waals surface area contributed by atoms with E-state index in [9.17, 15) is 29.1 Å². The predicted octanol–water partition coefficient (Wildman–Crippen LogP) is 4.10. The molecule has 5 N–H and O–H groups in total. The van der Waals surface area contributed by atoms with E-state index in [2.05, 4.69) is 21.3 Å². The van der Waals surface area contributed by atoms with Crippen LogP contribution >= 0.6 is 11.3 Å². The van der Waals surface area contributed by atoms with Crippen molar-refractivity contribution < 1.29 is 33.8 Å². The third-order valence-electron chi connectivity index (χ3n) is 9.03. The summed E-state index contributed by atoms with van der Waals surface area (Å²) >= 11 is 1.43. The van der Waals surface area contributed by atoms with Gasteiger partial charge in [-0.05, 0) is 51.4 Å². The van der Waals surface area contributed by atoms with Crippen molar-refractivity contribution in [1.29, 1.82) is 0 Å². The number of carbonyl (C=O) groups is 5. The van der Waals surface area contributed by atoms with Crippen molar-refractivity contribution >= 4 is 40.9 Å². The zero-order chi connectivity index (χ0) is 37.9. The Morgan fingerprint density at radius 1 is 0.611 bits per heavy atom. The molecule has 4 amide bonds. The second kappa shape index (κ2) is 18.0. The van der Waals surface area contributed by atoms with Crippen molar-refractivity contribution in [3.05, 3.63) is 148 Å². The van der Waals surface area contributed by atoms with Gasteiger partial charge in [-0.1, -0.05) is 103 Å². The van der Waals surface area contributed by atoms with Gasteiger partial charge >= 0.3 is 5.97 Å². The molecule has 2 aliphatic heterocycles. The number of carboxylic acids is 1. The molecule has 11 nitrogen and oxygen atoms in total. The van der Waals surface area contributed by atoms with Crippen molar-refractivity contribution in [3.63, 3.8) is 0 Å². The summed E-state index contributed by atoms with van der Waals surface area (Å²) in [5, 5.41) is 23.0. The molecule has 0 fully saturated rings. The Balaban J connectivity index is 1.34. The van der Waals surface area contributed by atoms with E-state index in [-0.39, 0.29) is 32.3 Å². The zero-order valence-corrected chi connectivity index (χ0v) is 30.1. The van der Waals surface area contributed by atoms with Gasteiger partial charge in [-0.15, -0.1) is 11.3 Å². The molecule has 12 heteroatoms. The lowest BCUT2D eigenvalue weighted by Crippen LogP contribution is -2.59. The van der Waals surface area contributed by atoms with Crippen LogP contribution in [0.15, 0.2) is 127 Å². The summed E-state index contributed by atoms with van der Waals surface area (Å²) in [4.78, 5) is 68.6. The van der Waals surface area contributed by atoms with Gasteiger partial charge in [-0.3, -0.25) is 19.2 Å². The average Bonchev–Trinajstić information content (AvgIpc) is 3.70. The summed E-state index contributed by atoms with van der Waals surface area (Å²) in [5.41, 5.74) is 4.06. The number of benzene rings is 4. The Morgan fingerprint density at radius 3 is 1.76 bits per heavy atom. The Bertz CT molecular complexity index is 2040. The Labute approximate surface area is 316 Å². The topological polar surface area (TPSA) is 163 Å². The molecule has 4 aromatic carbocycles. The van der Waals surface area contributed by atoms with E-state index in [1.807, 2.05) is 78.2 Å². The van der Waals surface area contributed by atoms with Crippen LogP contribution in [0.1, 0.15) is 21.6 Å². The number of rotatable bonds is 8. The van der Waals surface area contributed by atoms with E-state index in [1.165, 1.54) is 11.3 Å². The molecule has 0 unspecified atom stereocenters. The molecular formula is C42H40N4O7S. The van der Waals surface area contributed by atoms with E-state index in [4.69, 9.17) is 4.74 Å². The van der Waals surface area contributed by atoms with Crippen molar-refractivity contribution in [2.45, 2.75) is 49.9 Å². The first-order valence-corrected chi connectivity index (χ1v) is 18.4. The molecule has 0 saturated heterocycles. The molecule has 4 atom stereocenters. The Morgan fingerprint density at radius 2 is 1.17 bits per heavy atom. The molecule has 2 aliphatic rings. The van der Waals surface area contributed by atoms with Gasteiger partial charge in [0.2, 0.25) is 17.7 Å². The van der Waals surface area contributed by atoms with Crippen LogP contribution in [0.4, 0.5) is 0 Å². The maximum Gasteiger partial charge on any atom is 0.326 e. The average molecular weight is 745 g/mol. The fourth-order valence-electron chi connectivity index (χ4n) is 6.17. The SMILES string of the molecule is O=C1COc2ccc(cc2)C[C@@H](C(=O)O)NC(=O)[C@H](Cc2ccccc2)NC(=O)[C@H](Cc2ccc(-c3ccccc3)cc2)NC(=O)[C@@H](Cc2cccs2)N1. The predicted molar refractivity (Wildman–Crippen MR) is 205 cm³/mol. The van der Waals surface area contributed by atoms with Crippen molar-refractivity contribution in [1.82, 2.24) is 21.3 Å². The molecule has 0 radical (unpaired) electrons. The van der Waals surface area contributed by atoms with Gasteiger partial charge in [0.15, 0.2) is 6.61 Å². The van der Waals surface area contributed by atoms with Crippen LogP contribution in [0.25, 0.3) is 11.1 Å². The molecule has 2 bridgehead atoms. The number of ether oxygens (including phenoxy) is 1. The highest BCUT2D eigenvalue weighted by molar-refractivity contribution is 7.09. The summed E-state index contributed by atoms with van der Waals surface area (Å²) in [6, 6.07) is 31.9. The molecule has 0 aliphatic carbocycles. The van der Waals surface area contributed by atoms with Crippen LogP contribution in [0, 0.1) is 0 Å². The van der Waals surface area contributed by atoms with E-state index in [1.54, 1.807) is 48.5 Å². The van der Waals surface area contributed by atoms with Crippen LogP contribution in [0.3, 0.4) is 0 Å². The van der Waals surface area contributed by atoms with Crippen molar-refractivity contribution in [2.75, 3.05) is 6.61 Å². The van der Waals surface area contributed by atoms with E-state index in [0.717, 1.165) is 27.1 Å². The summed E-state index contributed by atoms with van der Waals surface area (Å²) in [5.74, 6) is -3.39. The minimum absolute atomic E-state index is 0.0457. The summed E-state index contributed by atoms with van der Waals surface area (Å²) in [6.45, 7) is -0.389. The monoisotopic (exact) mass is 744 g/mol. The third-order valence-corrected chi connectivity index (χ3v) is 9.93. The number of nitrogens with one attached hydrogen (secondary N) is 4. The molecular weight excluding hydrogens is 705 g/mol. The first kappa shape index (κ1) is 37.5. The van der Waals surface area contributed by atoms with Gasteiger partial charge in [0.05, 0.1) is 0 Å². The highest BCUT2D eigenvalue weighted by Gasteiger charge is 2.32. The molecule has 0 spiro atoms. The molecule has 0 saturated carbocycles. The number of carboxylic acid groups (broad SMARTS) is 1. The fourth-order valence-corrected chi connectivity index (χ4v) is 6.92. The lowest BCUT2D eigenvalue weighted by molar-refractivity contribution is -0.142. The van der Waals surface area contributed by atoms with E-state index >= 15 is 0 Å². The van der Waals surface area contributed by atoms with E-state index in [0.29, 0.717) is 11.3 Å². The molecule has 7 rings (SSSR count). The normalized spacial score (nSPS) is 19.9. The van der Waals surface area contributed by atoms with Gasteiger partial charge in [0, 0.05) is 30.6 Å². The first-order valence-electron chi connectivity index (χ1n) is 17.6. The third kappa shape index (κ3) is 10.4. The van der Waals surface area contributed by atoms with Crippen LogP contribution in [0.2, 0.25) is 0 Å². The smallest absolute Gasteiger partial charge is 0.326 e. The Kier molecular flexibility index (Phi) is 12.5. The van der Waals surface area contributed by atoms with Gasteiger partial charge < -0.3 is 31.1 Å². The maximum absolute atomic E-state index is 14.3. The lowest BCUT2D eigenvalue weighted by Gasteiger charge is -2.26. The Hall–Kier alpha value is -6.27. The highest BCUT2D eigenvalue weighted by atomic mass is 32.1. The van der Waals surface area contributed by atoms with Gasteiger partial charge in [0.25, 0.3) is 5.91 Å². The number of fused-ring (bicyclic) bond motifs is 16. The van der Waals surface area contributed by atoms with Crippen LogP contribution in [-0.4, -0.2) is 65.5 Å². The minimum atomic E-state index is -1.32. The lowest BCUT2D eigenvalue weighted by atomic mass is 9.99. The number of aliphatic carboxylic acids is 1. The van der Waals surface area contributed by atoms with Crippen molar-refractivity contribution in [2.24, 2.45) is 0 Å². The molecule has 5 aromatic rings. The fraction of sp³-hybridized carbons (Fsp3) is 0.214. The summed E-state index contributed by atoms with van der Waals surface area (Å²) in [6.07, 6.45) is 0.233. The number of amides is 4. The summed E-state index contributed by atoms with van der Waals surface area (Å²) in [7, 11) is 0. The molecule has 54 heavy (non-hydrogen) atoms. The number of hydrogen-bond donors (Lipinski definition) is 5. The van der Waals surface area contributed by atoms with Crippen LogP contribution in [0.5, 0.6) is 5.75 Å². The van der Waals surface area contributed by atoms with Crippen LogP contribution in [-0.2, 0) is 49.7 Å². The largest absolute Gasteiger partial charge is 0.484 e. The summed E-state index contributed by atoms with van der Waals surface area (Å²) < 4.78 is 5.68. The second-order valence-corrected chi connectivity index (χ2v) is 14.1. The standard InChI is InChI=1S/C42H40N4O7S/c47-38-26-53-32-19-15-29(16-20-32)24-37(42(51)52)46-40(49)34(22-27-8-3-1-4-9-27)44-39(48)35(45-41(50)36(43-38)25-33-12-7-21-54-33)23-28-13-17-31(18-14-28)30-10-5-2-6-11-30/h1-21,34-37H,22-26H2,(H,43,47)(H,44,48)(H,45,50)(H,46,49)(H,51,52)/t34-,35-,36+,37-/m0/s1. The number of carbonyl (C=O) groups excluding carboxylic acids is 4. The van der Waals surface area contributed by atoms with E-state index < -0.39 is 53.8 Å². The molecule has 3 heterocycles.